The van der Waals surface area contributed by atoms with E-state index in [0.717, 1.165) is 43.9 Å². The standard InChI is InChI=1S/C19H25F3O5/c1-2-3-4-5-6-7-8-9-10-17(23)26-16-13-14(27-19(20,21)22)11-12-15(16)18(24)25/h11-13H,2-10H2,1H3,(H,24,25). The summed E-state index contributed by atoms with van der Waals surface area (Å²) in [6.07, 6.45) is 3.40. The Labute approximate surface area is 156 Å². The van der Waals surface area contributed by atoms with Crippen molar-refractivity contribution < 1.29 is 37.3 Å². The summed E-state index contributed by atoms with van der Waals surface area (Å²) in [5.41, 5.74) is -0.409. The molecule has 0 unspecified atom stereocenters. The molecule has 0 aliphatic rings. The highest BCUT2D eigenvalue weighted by Gasteiger charge is 2.31. The van der Waals surface area contributed by atoms with Gasteiger partial charge in [0.25, 0.3) is 0 Å². The molecule has 0 bridgehead atoms. The van der Waals surface area contributed by atoms with Gasteiger partial charge in [-0.25, -0.2) is 4.79 Å². The molecule has 0 heterocycles. The molecule has 27 heavy (non-hydrogen) atoms. The largest absolute Gasteiger partial charge is 0.573 e. The lowest BCUT2D eigenvalue weighted by atomic mass is 10.1. The summed E-state index contributed by atoms with van der Waals surface area (Å²) in [6.45, 7) is 2.15. The Morgan fingerprint density at radius 1 is 1.00 bits per heavy atom. The third kappa shape index (κ3) is 9.86. The first-order valence-corrected chi connectivity index (χ1v) is 9.06. The van der Waals surface area contributed by atoms with E-state index >= 15 is 0 Å². The molecular weight excluding hydrogens is 365 g/mol. The van der Waals surface area contributed by atoms with Crippen LogP contribution in [-0.2, 0) is 4.79 Å². The van der Waals surface area contributed by atoms with Crippen molar-refractivity contribution in [3.8, 4) is 11.5 Å². The van der Waals surface area contributed by atoms with Gasteiger partial charge in [-0.3, -0.25) is 4.79 Å². The number of halogens is 3. The van der Waals surface area contributed by atoms with Gasteiger partial charge in [0.15, 0.2) is 0 Å². The lowest BCUT2D eigenvalue weighted by molar-refractivity contribution is -0.274. The molecule has 1 N–H and O–H groups in total. The number of hydrogen-bond acceptors (Lipinski definition) is 4. The Bertz CT molecular complexity index is 614. The first-order chi connectivity index (χ1) is 12.7. The van der Waals surface area contributed by atoms with E-state index in [4.69, 9.17) is 9.84 Å². The van der Waals surface area contributed by atoms with Crippen LogP contribution in [0.3, 0.4) is 0 Å². The first kappa shape index (κ1) is 22.8. The number of carboxylic acids is 1. The number of carboxylic acid groups (broad SMARTS) is 1. The van der Waals surface area contributed by atoms with Crippen LogP contribution in [0.5, 0.6) is 11.5 Å². The van der Waals surface area contributed by atoms with E-state index in [-0.39, 0.29) is 6.42 Å². The molecule has 0 atom stereocenters. The maximum absolute atomic E-state index is 12.3. The molecule has 0 saturated carbocycles. The summed E-state index contributed by atoms with van der Waals surface area (Å²) in [6, 6.07) is 2.51. The van der Waals surface area contributed by atoms with E-state index in [1.54, 1.807) is 0 Å². The number of hydrogen-bond donors (Lipinski definition) is 1. The Balaban J connectivity index is 2.51. The van der Waals surface area contributed by atoms with Crippen LogP contribution in [0, 0.1) is 0 Å². The quantitative estimate of drug-likeness (QED) is 0.281. The lowest BCUT2D eigenvalue weighted by Crippen LogP contribution is -2.17. The molecular formula is C19H25F3O5. The molecule has 152 valence electrons. The van der Waals surface area contributed by atoms with Gasteiger partial charge in [-0.05, 0) is 18.6 Å². The zero-order chi connectivity index (χ0) is 20.3. The normalized spacial score (nSPS) is 11.3. The fourth-order valence-corrected chi connectivity index (χ4v) is 2.54. The van der Waals surface area contributed by atoms with Crippen molar-refractivity contribution in [2.24, 2.45) is 0 Å². The van der Waals surface area contributed by atoms with Crippen LogP contribution in [0.25, 0.3) is 0 Å². The van der Waals surface area contributed by atoms with E-state index < -0.39 is 35.4 Å². The van der Waals surface area contributed by atoms with Crippen LogP contribution in [0.4, 0.5) is 13.2 Å². The van der Waals surface area contributed by atoms with E-state index in [0.29, 0.717) is 6.42 Å². The van der Waals surface area contributed by atoms with Crippen LogP contribution >= 0.6 is 0 Å². The maximum Gasteiger partial charge on any atom is 0.573 e. The number of aromatic carboxylic acids is 1. The highest BCUT2D eigenvalue weighted by atomic mass is 19.4. The zero-order valence-corrected chi connectivity index (χ0v) is 15.3. The Morgan fingerprint density at radius 3 is 2.15 bits per heavy atom. The Hall–Kier alpha value is -2.25. The number of rotatable bonds is 12. The van der Waals surface area contributed by atoms with Gasteiger partial charge in [0, 0.05) is 12.5 Å². The van der Waals surface area contributed by atoms with Crippen LogP contribution < -0.4 is 9.47 Å². The number of alkyl halides is 3. The minimum atomic E-state index is -4.93. The Kier molecular flexibility index (Phi) is 9.67. The smallest absolute Gasteiger partial charge is 0.478 e. The van der Waals surface area contributed by atoms with Crippen LogP contribution in [0.2, 0.25) is 0 Å². The van der Waals surface area contributed by atoms with E-state index in [9.17, 15) is 22.8 Å². The number of benzene rings is 1. The summed E-state index contributed by atoms with van der Waals surface area (Å²) in [5.74, 6) is -3.22. The summed E-state index contributed by atoms with van der Waals surface area (Å²) < 4.78 is 45.5. The number of carbonyl (C=O) groups excluding carboxylic acids is 1. The molecule has 0 saturated heterocycles. The van der Waals surface area contributed by atoms with Crippen molar-refractivity contribution in [2.45, 2.75) is 71.1 Å². The summed E-state index contributed by atoms with van der Waals surface area (Å²) >= 11 is 0. The minimum Gasteiger partial charge on any atom is -0.478 e. The van der Waals surface area contributed by atoms with Gasteiger partial charge in [-0.15, -0.1) is 13.2 Å². The highest BCUT2D eigenvalue weighted by molar-refractivity contribution is 5.92. The number of unbranched alkanes of at least 4 members (excludes halogenated alkanes) is 7. The molecule has 0 radical (unpaired) electrons. The number of esters is 1. The molecule has 0 aromatic heterocycles. The monoisotopic (exact) mass is 390 g/mol. The average molecular weight is 390 g/mol. The van der Waals surface area contributed by atoms with Gasteiger partial charge >= 0.3 is 18.3 Å². The van der Waals surface area contributed by atoms with Crippen molar-refractivity contribution in [2.75, 3.05) is 0 Å². The van der Waals surface area contributed by atoms with Crippen LogP contribution in [0.1, 0.15) is 75.1 Å². The molecule has 8 heteroatoms. The second kappa shape index (κ2) is 11.5. The third-order valence-electron chi connectivity index (χ3n) is 3.88. The molecule has 0 aliphatic heterocycles. The fourth-order valence-electron chi connectivity index (χ4n) is 2.54. The molecule has 0 amide bonds. The van der Waals surface area contributed by atoms with E-state index in [2.05, 4.69) is 11.7 Å². The van der Waals surface area contributed by atoms with Crippen LogP contribution in [0.15, 0.2) is 18.2 Å². The van der Waals surface area contributed by atoms with Gasteiger partial charge in [0.1, 0.15) is 17.1 Å². The second-order valence-electron chi connectivity index (χ2n) is 6.21. The first-order valence-electron chi connectivity index (χ1n) is 9.06. The molecule has 5 nitrogen and oxygen atoms in total. The third-order valence-corrected chi connectivity index (χ3v) is 3.88. The van der Waals surface area contributed by atoms with Gasteiger partial charge in [-0.2, -0.15) is 0 Å². The predicted molar refractivity (Wildman–Crippen MR) is 92.9 cm³/mol. The van der Waals surface area contributed by atoms with Gasteiger partial charge in [-0.1, -0.05) is 51.9 Å². The SMILES string of the molecule is CCCCCCCCCCC(=O)Oc1cc(OC(F)(F)F)ccc1C(=O)O. The average Bonchev–Trinajstić information content (AvgIpc) is 2.55. The fraction of sp³-hybridized carbons (Fsp3) is 0.579. The molecule has 1 aromatic carbocycles. The zero-order valence-electron chi connectivity index (χ0n) is 15.3. The molecule has 1 aromatic rings. The maximum atomic E-state index is 12.3. The molecule has 0 aliphatic carbocycles. The summed E-state index contributed by atoms with van der Waals surface area (Å²) in [4.78, 5) is 23.0. The Morgan fingerprint density at radius 2 is 1.59 bits per heavy atom. The van der Waals surface area contributed by atoms with Crippen molar-refractivity contribution in [3.63, 3.8) is 0 Å². The molecule has 0 spiro atoms. The summed E-state index contributed by atoms with van der Waals surface area (Å²) in [7, 11) is 0. The second-order valence-corrected chi connectivity index (χ2v) is 6.21. The van der Waals surface area contributed by atoms with Gasteiger partial charge < -0.3 is 14.6 Å². The summed E-state index contributed by atoms with van der Waals surface area (Å²) in [5, 5.41) is 9.08. The van der Waals surface area contributed by atoms with Crippen LogP contribution in [-0.4, -0.2) is 23.4 Å². The van der Waals surface area contributed by atoms with Gasteiger partial charge in [0.2, 0.25) is 0 Å². The molecule has 1 rings (SSSR count). The van der Waals surface area contributed by atoms with Crippen molar-refractivity contribution in [1.29, 1.82) is 0 Å². The predicted octanol–water partition coefficient (Wildman–Crippen LogP) is 5.72. The van der Waals surface area contributed by atoms with Gasteiger partial charge in [0.05, 0.1) is 0 Å². The highest BCUT2D eigenvalue weighted by Crippen LogP contribution is 2.29. The van der Waals surface area contributed by atoms with Crippen molar-refractivity contribution in [1.82, 2.24) is 0 Å². The number of carbonyl (C=O) groups is 2. The van der Waals surface area contributed by atoms with Crippen molar-refractivity contribution in [3.05, 3.63) is 23.8 Å². The number of ether oxygens (including phenoxy) is 2. The van der Waals surface area contributed by atoms with E-state index in [1.807, 2.05) is 0 Å². The minimum absolute atomic E-state index is 0.0678. The van der Waals surface area contributed by atoms with E-state index in [1.165, 1.54) is 19.3 Å². The molecule has 0 fully saturated rings. The topological polar surface area (TPSA) is 72.8 Å². The lowest BCUT2D eigenvalue weighted by Gasteiger charge is -2.12. The van der Waals surface area contributed by atoms with Crippen molar-refractivity contribution >= 4 is 11.9 Å².